The van der Waals surface area contributed by atoms with Gasteiger partial charge in [0.05, 0.1) is 11.0 Å². The minimum atomic E-state index is -0.00161. The second-order valence-corrected chi connectivity index (χ2v) is 5.17. The van der Waals surface area contributed by atoms with E-state index in [1.165, 1.54) is 5.56 Å². The first-order chi connectivity index (χ1) is 9.72. The normalized spacial score (nSPS) is 13.3. The van der Waals surface area contributed by atoms with E-state index in [9.17, 15) is 4.79 Å². The number of nitrogens with zero attached hydrogens (tertiary/aromatic N) is 1. The van der Waals surface area contributed by atoms with E-state index in [0.29, 0.717) is 12.5 Å². The van der Waals surface area contributed by atoms with Crippen molar-refractivity contribution in [3.8, 4) is 0 Å². The lowest BCUT2D eigenvalue weighted by atomic mass is 9.90. The third-order valence-electron chi connectivity index (χ3n) is 3.99. The topological polar surface area (TPSA) is 37.8 Å². The average molecular weight is 272 g/mol. The molecule has 108 valence electrons. The summed E-state index contributed by atoms with van der Waals surface area (Å²) in [5.41, 5.74) is 3.35. The minimum absolute atomic E-state index is 0.00161. The molecule has 0 aliphatic carbocycles. The van der Waals surface area contributed by atoms with Crippen molar-refractivity contribution in [2.24, 2.45) is 0 Å². The summed E-state index contributed by atoms with van der Waals surface area (Å²) >= 11 is 0. The Bertz CT molecular complexity index is 649. The van der Waals surface area contributed by atoms with Crippen LogP contribution in [-0.2, 0) is 6.54 Å². The van der Waals surface area contributed by atoms with E-state index in [1.807, 2.05) is 23.6 Å². The van der Waals surface area contributed by atoms with Gasteiger partial charge in [-0.2, -0.15) is 0 Å². The fourth-order valence-corrected chi connectivity index (χ4v) is 2.92. The molecule has 0 aliphatic rings. The molecule has 0 amide bonds. The van der Waals surface area contributed by atoms with Crippen molar-refractivity contribution in [3.63, 3.8) is 0 Å². The Morgan fingerprint density at radius 1 is 1.35 bits per heavy atom. The van der Waals surface area contributed by atoms with Crippen LogP contribution in [0.5, 0.6) is 0 Å². The number of nitrogens with one attached hydrogen (secondary N) is 1. The van der Waals surface area contributed by atoms with Gasteiger partial charge in [-0.25, -0.2) is 4.79 Å². The van der Waals surface area contributed by atoms with Crippen LogP contribution in [0.4, 0.5) is 0 Å². The Kier molecular flexibility index (Phi) is 4.83. The maximum atomic E-state index is 12.0. The molecule has 0 saturated heterocycles. The Labute approximate surface area is 120 Å². The summed E-state index contributed by atoms with van der Waals surface area (Å²) < 4.78 is 1.85. The lowest BCUT2D eigenvalue weighted by Gasteiger charge is -2.16. The number of benzene rings is 1. The Morgan fingerprint density at radius 2 is 2.15 bits per heavy atom. The van der Waals surface area contributed by atoms with Crippen LogP contribution in [0.2, 0.25) is 0 Å². The molecule has 20 heavy (non-hydrogen) atoms. The van der Waals surface area contributed by atoms with E-state index in [2.05, 4.69) is 37.0 Å². The number of para-hydroxylation sites is 1. The Balaban J connectivity index is 2.48. The quantitative estimate of drug-likeness (QED) is 0.786. The highest BCUT2D eigenvalue weighted by molar-refractivity contribution is 5.79. The number of aryl methyl sites for hydroxylation is 1. The van der Waals surface area contributed by atoms with E-state index >= 15 is 0 Å². The third kappa shape index (κ3) is 2.72. The van der Waals surface area contributed by atoms with Crippen LogP contribution in [0.15, 0.2) is 35.1 Å². The van der Waals surface area contributed by atoms with Crippen LogP contribution in [0.25, 0.3) is 11.0 Å². The maximum absolute atomic E-state index is 12.0. The third-order valence-corrected chi connectivity index (χ3v) is 3.99. The Morgan fingerprint density at radius 3 is 2.80 bits per heavy atom. The summed E-state index contributed by atoms with van der Waals surface area (Å²) in [6, 6.07) is 6.21. The van der Waals surface area contributed by atoms with Crippen LogP contribution in [0.3, 0.4) is 0 Å². The SMILES string of the molecule is CC=CCCC(CC)c1cccc2[nH]c(=O)n(CC)c12. The van der Waals surface area contributed by atoms with Crippen molar-refractivity contribution >= 4 is 11.0 Å². The van der Waals surface area contributed by atoms with Gasteiger partial charge in [-0.1, -0.05) is 31.2 Å². The monoisotopic (exact) mass is 272 g/mol. The van der Waals surface area contributed by atoms with Crippen LogP contribution in [0.1, 0.15) is 51.5 Å². The van der Waals surface area contributed by atoms with Gasteiger partial charge in [-0.05, 0) is 50.7 Å². The number of hydrogen-bond donors (Lipinski definition) is 1. The van der Waals surface area contributed by atoms with E-state index in [1.54, 1.807) is 0 Å². The van der Waals surface area contributed by atoms with Crippen LogP contribution >= 0.6 is 0 Å². The predicted molar refractivity (Wildman–Crippen MR) is 85.3 cm³/mol. The first-order valence-electron chi connectivity index (χ1n) is 7.55. The molecule has 3 heteroatoms. The molecule has 3 nitrogen and oxygen atoms in total. The van der Waals surface area contributed by atoms with Crippen LogP contribution < -0.4 is 5.69 Å². The molecule has 1 unspecified atom stereocenters. The average Bonchev–Trinajstić information content (AvgIpc) is 2.79. The molecule has 0 aliphatic heterocycles. The standard InChI is InChI=1S/C17H24N2O/c1-4-7-8-10-13(5-2)14-11-9-12-15-16(14)19(6-3)17(20)18-15/h4,7,9,11-13H,5-6,8,10H2,1-3H3,(H,18,20). The van der Waals surface area contributed by atoms with Gasteiger partial charge < -0.3 is 4.98 Å². The molecule has 0 spiro atoms. The van der Waals surface area contributed by atoms with Crippen molar-refractivity contribution in [1.82, 2.24) is 9.55 Å². The summed E-state index contributed by atoms with van der Waals surface area (Å²) in [6.07, 6.45) is 7.63. The first kappa shape index (κ1) is 14.6. The second-order valence-electron chi connectivity index (χ2n) is 5.17. The first-order valence-corrected chi connectivity index (χ1v) is 7.55. The smallest absolute Gasteiger partial charge is 0.306 e. The van der Waals surface area contributed by atoms with Gasteiger partial charge in [0.15, 0.2) is 0 Å². The van der Waals surface area contributed by atoms with Gasteiger partial charge in [0, 0.05) is 6.54 Å². The minimum Gasteiger partial charge on any atom is -0.306 e. The fourth-order valence-electron chi connectivity index (χ4n) is 2.92. The summed E-state index contributed by atoms with van der Waals surface area (Å²) in [4.78, 5) is 14.9. The van der Waals surface area contributed by atoms with Gasteiger partial charge >= 0.3 is 5.69 Å². The molecule has 2 rings (SSSR count). The summed E-state index contributed by atoms with van der Waals surface area (Å²) in [5, 5.41) is 0. The summed E-state index contributed by atoms with van der Waals surface area (Å²) in [7, 11) is 0. The van der Waals surface area contributed by atoms with Gasteiger partial charge in [-0.3, -0.25) is 4.57 Å². The summed E-state index contributed by atoms with van der Waals surface area (Å²) in [5.74, 6) is 0.503. The lowest BCUT2D eigenvalue weighted by molar-refractivity contribution is 0.612. The van der Waals surface area contributed by atoms with Crippen molar-refractivity contribution in [1.29, 1.82) is 0 Å². The zero-order chi connectivity index (χ0) is 14.5. The molecule has 0 radical (unpaired) electrons. The van der Waals surface area contributed by atoms with Crippen molar-refractivity contribution in [3.05, 3.63) is 46.4 Å². The van der Waals surface area contributed by atoms with Crippen LogP contribution in [0, 0.1) is 0 Å². The van der Waals surface area contributed by atoms with Gasteiger partial charge in [-0.15, -0.1) is 0 Å². The van der Waals surface area contributed by atoms with Crippen molar-refractivity contribution in [2.45, 2.75) is 52.5 Å². The number of aromatic amines is 1. The number of fused-ring (bicyclic) bond motifs is 1. The van der Waals surface area contributed by atoms with E-state index in [-0.39, 0.29) is 5.69 Å². The number of rotatable bonds is 6. The zero-order valence-electron chi connectivity index (χ0n) is 12.6. The Hall–Kier alpha value is -1.77. The van der Waals surface area contributed by atoms with Crippen LogP contribution in [-0.4, -0.2) is 9.55 Å². The zero-order valence-corrected chi connectivity index (χ0v) is 12.6. The molecule has 1 atom stereocenters. The number of hydrogen-bond acceptors (Lipinski definition) is 1. The molecule has 1 N–H and O–H groups in total. The highest BCUT2D eigenvalue weighted by atomic mass is 16.1. The summed E-state index contributed by atoms with van der Waals surface area (Å²) in [6.45, 7) is 7.01. The van der Waals surface area contributed by atoms with Gasteiger partial charge in [0.2, 0.25) is 0 Å². The highest BCUT2D eigenvalue weighted by Gasteiger charge is 2.16. The number of allylic oxidation sites excluding steroid dienone is 2. The van der Waals surface area contributed by atoms with Crippen molar-refractivity contribution < 1.29 is 0 Å². The highest BCUT2D eigenvalue weighted by Crippen LogP contribution is 2.30. The van der Waals surface area contributed by atoms with Crippen molar-refractivity contribution in [2.75, 3.05) is 0 Å². The molecule has 2 aromatic rings. The maximum Gasteiger partial charge on any atom is 0.326 e. The molecule has 0 fully saturated rings. The molecular formula is C17H24N2O. The fraction of sp³-hybridized carbons (Fsp3) is 0.471. The lowest BCUT2D eigenvalue weighted by Crippen LogP contribution is -2.16. The van der Waals surface area contributed by atoms with E-state index < -0.39 is 0 Å². The molecule has 1 aromatic carbocycles. The molecule has 1 heterocycles. The number of aromatic nitrogens is 2. The largest absolute Gasteiger partial charge is 0.326 e. The predicted octanol–water partition coefficient (Wildman–Crippen LogP) is 4.20. The second kappa shape index (κ2) is 6.60. The van der Waals surface area contributed by atoms with E-state index in [4.69, 9.17) is 0 Å². The molecular weight excluding hydrogens is 248 g/mol. The number of H-pyrrole nitrogens is 1. The van der Waals surface area contributed by atoms with Gasteiger partial charge in [0.25, 0.3) is 0 Å². The number of imidazole rings is 1. The molecule has 0 saturated carbocycles. The molecule has 1 aromatic heterocycles. The van der Waals surface area contributed by atoms with Gasteiger partial charge in [0.1, 0.15) is 0 Å². The molecule has 0 bridgehead atoms. The van der Waals surface area contributed by atoms with E-state index in [0.717, 1.165) is 30.3 Å².